The number of hydrogen-bond donors (Lipinski definition) is 0. The molecule has 1 aliphatic rings. The van der Waals surface area contributed by atoms with Gasteiger partial charge in [-0.05, 0) is 25.5 Å². The minimum Gasteiger partial charge on any atom is -0.383 e. The van der Waals surface area contributed by atoms with Crippen LogP contribution in [-0.4, -0.2) is 65.1 Å². The summed E-state index contributed by atoms with van der Waals surface area (Å²) in [5.74, 6) is 0. The molecule has 0 saturated carbocycles. The Morgan fingerprint density at radius 3 is 2.95 bits per heavy atom. The topological polar surface area (TPSA) is 33.0 Å². The Kier molecular flexibility index (Phi) is 4.76. The summed E-state index contributed by atoms with van der Waals surface area (Å²) in [4.78, 5) is 9.80. The van der Waals surface area contributed by atoms with Gasteiger partial charge in [0.2, 0.25) is 0 Å². The number of rotatable bonds is 5. The van der Waals surface area contributed by atoms with Gasteiger partial charge in [-0.2, -0.15) is 0 Å². The molecular weight excluding hydrogens is 276 g/mol. The van der Waals surface area contributed by atoms with Crippen LogP contribution < -0.4 is 0 Å². The summed E-state index contributed by atoms with van der Waals surface area (Å²) in [6.45, 7) is 10.5. The molecule has 1 fully saturated rings. The van der Waals surface area contributed by atoms with Gasteiger partial charge in [-0.3, -0.25) is 9.80 Å². The van der Waals surface area contributed by atoms with E-state index in [1.807, 2.05) is 0 Å². The molecule has 5 nitrogen and oxygen atoms in total. The number of piperazine rings is 1. The van der Waals surface area contributed by atoms with E-state index in [0.29, 0.717) is 6.04 Å². The van der Waals surface area contributed by atoms with Crippen LogP contribution in [0.1, 0.15) is 18.2 Å². The molecule has 0 unspecified atom stereocenters. The summed E-state index contributed by atoms with van der Waals surface area (Å²) in [6.07, 6.45) is 4.23. The van der Waals surface area contributed by atoms with Crippen molar-refractivity contribution in [2.45, 2.75) is 26.4 Å². The van der Waals surface area contributed by atoms with Crippen LogP contribution in [0.15, 0.2) is 24.5 Å². The van der Waals surface area contributed by atoms with E-state index < -0.39 is 0 Å². The molecule has 0 radical (unpaired) electrons. The largest absolute Gasteiger partial charge is 0.383 e. The van der Waals surface area contributed by atoms with Gasteiger partial charge in [-0.25, -0.2) is 4.98 Å². The summed E-state index contributed by atoms with van der Waals surface area (Å²) >= 11 is 0. The van der Waals surface area contributed by atoms with Gasteiger partial charge in [0.15, 0.2) is 0 Å². The van der Waals surface area contributed by atoms with Gasteiger partial charge in [0.1, 0.15) is 5.65 Å². The SMILES string of the molecule is COCCN1CCN(Cc2cn3cccc(C)c3n2)C[C@@H]1C. The van der Waals surface area contributed by atoms with Gasteiger partial charge in [-0.15, -0.1) is 0 Å². The Bertz CT molecular complexity index is 624. The maximum atomic E-state index is 5.19. The highest BCUT2D eigenvalue weighted by Crippen LogP contribution is 2.15. The van der Waals surface area contributed by atoms with Crippen LogP contribution in [0.3, 0.4) is 0 Å². The summed E-state index contributed by atoms with van der Waals surface area (Å²) in [7, 11) is 1.77. The number of ether oxygens (including phenoxy) is 1. The van der Waals surface area contributed by atoms with E-state index >= 15 is 0 Å². The molecular formula is C17H26N4O. The van der Waals surface area contributed by atoms with Crippen LogP contribution in [-0.2, 0) is 11.3 Å². The molecule has 1 atom stereocenters. The van der Waals surface area contributed by atoms with Crippen molar-refractivity contribution in [3.8, 4) is 0 Å². The third-order valence-corrected chi connectivity index (χ3v) is 4.55. The maximum absolute atomic E-state index is 5.19. The molecule has 2 aromatic heterocycles. The molecule has 0 aliphatic carbocycles. The first-order chi connectivity index (χ1) is 10.7. The molecule has 0 bridgehead atoms. The Balaban J connectivity index is 1.62. The van der Waals surface area contributed by atoms with Crippen molar-refractivity contribution in [3.05, 3.63) is 35.8 Å². The predicted molar refractivity (Wildman–Crippen MR) is 88.1 cm³/mol. The lowest BCUT2D eigenvalue weighted by molar-refractivity contribution is 0.0553. The van der Waals surface area contributed by atoms with E-state index in [9.17, 15) is 0 Å². The van der Waals surface area contributed by atoms with Gasteiger partial charge in [0.05, 0.1) is 12.3 Å². The van der Waals surface area contributed by atoms with Crippen molar-refractivity contribution in [3.63, 3.8) is 0 Å². The number of aryl methyl sites for hydroxylation is 1. The molecule has 5 heteroatoms. The highest BCUT2D eigenvalue weighted by molar-refractivity contribution is 5.47. The zero-order valence-electron chi connectivity index (χ0n) is 13.8. The summed E-state index contributed by atoms with van der Waals surface area (Å²) in [5.41, 5.74) is 3.46. The number of nitrogens with zero attached hydrogens (tertiary/aromatic N) is 4. The van der Waals surface area contributed by atoms with Gasteiger partial charge < -0.3 is 9.14 Å². The molecule has 0 amide bonds. The van der Waals surface area contributed by atoms with E-state index in [4.69, 9.17) is 9.72 Å². The predicted octanol–water partition coefficient (Wildman–Crippen LogP) is 1.80. The lowest BCUT2D eigenvalue weighted by Gasteiger charge is -2.39. The second-order valence-electron chi connectivity index (χ2n) is 6.27. The average Bonchev–Trinajstić information content (AvgIpc) is 2.90. The Labute approximate surface area is 132 Å². The van der Waals surface area contributed by atoms with Crippen molar-refractivity contribution >= 4 is 5.65 Å². The van der Waals surface area contributed by atoms with E-state index in [1.165, 1.54) is 5.56 Å². The molecule has 1 saturated heterocycles. The molecule has 3 heterocycles. The van der Waals surface area contributed by atoms with Crippen molar-refractivity contribution < 1.29 is 4.74 Å². The minimum absolute atomic E-state index is 0.572. The fourth-order valence-electron chi connectivity index (χ4n) is 3.26. The standard InChI is InChI=1S/C17H26N4O/c1-14-5-4-6-21-13-16(18-17(14)21)12-19-7-8-20(9-10-22-3)15(2)11-19/h4-6,13,15H,7-12H2,1-3H3/t15-/m0/s1. The second-order valence-corrected chi connectivity index (χ2v) is 6.27. The number of fused-ring (bicyclic) bond motifs is 1. The summed E-state index contributed by atoms with van der Waals surface area (Å²) in [5, 5.41) is 0. The maximum Gasteiger partial charge on any atom is 0.139 e. The monoisotopic (exact) mass is 302 g/mol. The van der Waals surface area contributed by atoms with Crippen LogP contribution in [0.4, 0.5) is 0 Å². The van der Waals surface area contributed by atoms with Crippen LogP contribution >= 0.6 is 0 Å². The van der Waals surface area contributed by atoms with Crippen LogP contribution in [0.5, 0.6) is 0 Å². The minimum atomic E-state index is 0.572. The zero-order valence-corrected chi connectivity index (χ0v) is 13.8. The Hall–Kier alpha value is -1.43. The third kappa shape index (κ3) is 3.32. The zero-order chi connectivity index (χ0) is 15.5. The number of aromatic nitrogens is 2. The molecule has 0 aromatic carbocycles. The van der Waals surface area contributed by atoms with E-state index in [1.54, 1.807) is 7.11 Å². The van der Waals surface area contributed by atoms with Gasteiger partial charge in [-0.1, -0.05) is 6.07 Å². The van der Waals surface area contributed by atoms with E-state index in [2.05, 4.69) is 52.6 Å². The first-order valence-electron chi connectivity index (χ1n) is 8.06. The van der Waals surface area contributed by atoms with Gasteiger partial charge in [0, 0.05) is 58.3 Å². The van der Waals surface area contributed by atoms with Gasteiger partial charge in [0.25, 0.3) is 0 Å². The summed E-state index contributed by atoms with van der Waals surface area (Å²) in [6, 6.07) is 4.76. The molecule has 120 valence electrons. The highest BCUT2D eigenvalue weighted by atomic mass is 16.5. The number of pyridine rings is 1. The fraction of sp³-hybridized carbons (Fsp3) is 0.588. The number of imidazole rings is 1. The first kappa shape index (κ1) is 15.5. The van der Waals surface area contributed by atoms with Gasteiger partial charge >= 0.3 is 0 Å². The number of methoxy groups -OCH3 is 1. The summed E-state index contributed by atoms with van der Waals surface area (Å²) < 4.78 is 7.32. The normalized spacial score (nSPS) is 20.8. The molecule has 22 heavy (non-hydrogen) atoms. The smallest absolute Gasteiger partial charge is 0.139 e. The average molecular weight is 302 g/mol. The van der Waals surface area contributed by atoms with Crippen molar-refractivity contribution in [1.82, 2.24) is 19.2 Å². The third-order valence-electron chi connectivity index (χ3n) is 4.55. The fourth-order valence-corrected chi connectivity index (χ4v) is 3.26. The van der Waals surface area contributed by atoms with Crippen LogP contribution in [0.25, 0.3) is 5.65 Å². The Morgan fingerprint density at radius 1 is 1.36 bits per heavy atom. The van der Waals surface area contributed by atoms with Crippen molar-refractivity contribution in [2.24, 2.45) is 0 Å². The molecule has 0 spiro atoms. The molecule has 1 aliphatic heterocycles. The second kappa shape index (κ2) is 6.77. The van der Waals surface area contributed by atoms with Crippen molar-refractivity contribution in [2.75, 3.05) is 39.9 Å². The van der Waals surface area contributed by atoms with Crippen LogP contribution in [0, 0.1) is 6.92 Å². The lowest BCUT2D eigenvalue weighted by Crippen LogP contribution is -2.52. The Morgan fingerprint density at radius 2 is 2.23 bits per heavy atom. The first-order valence-corrected chi connectivity index (χ1v) is 8.06. The van der Waals surface area contributed by atoms with E-state index in [-0.39, 0.29) is 0 Å². The van der Waals surface area contributed by atoms with Crippen LogP contribution in [0.2, 0.25) is 0 Å². The number of hydrogen-bond acceptors (Lipinski definition) is 4. The molecule has 2 aromatic rings. The highest BCUT2D eigenvalue weighted by Gasteiger charge is 2.23. The van der Waals surface area contributed by atoms with E-state index in [0.717, 1.165) is 50.7 Å². The lowest BCUT2D eigenvalue weighted by atomic mass is 10.2. The molecule has 0 N–H and O–H groups in total. The quantitative estimate of drug-likeness (QED) is 0.843. The van der Waals surface area contributed by atoms with Crippen molar-refractivity contribution in [1.29, 1.82) is 0 Å². The molecule has 3 rings (SSSR count).